The van der Waals surface area contributed by atoms with Crippen LogP contribution < -0.4 is 11.5 Å². The van der Waals surface area contributed by atoms with Gasteiger partial charge in [0.05, 0.1) is 12.3 Å². The lowest BCUT2D eigenvalue weighted by Gasteiger charge is -2.59. The summed E-state index contributed by atoms with van der Waals surface area (Å²) in [4.78, 5) is 21.9. The van der Waals surface area contributed by atoms with Crippen molar-refractivity contribution in [3.8, 4) is 0 Å². The van der Waals surface area contributed by atoms with E-state index in [9.17, 15) is 4.79 Å². The first-order chi connectivity index (χ1) is 13.3. The van der Waals surface area contributed by atoms with Crippen molar-refractivity contribution in [1.29, 1.82) is 0 Å². The highest BCUT2D eigenvalue weighted by molar-refractivity contribution is 5.87. The molecule has 0 aromatic heterocycles. The van der Waals surface area contributed by atoms with E-state index < -0.39 is 0 Å². The molecule has 4 rings (SSSR count). The Balaban J connectivity index is 1.41. The highest BCUT2D eigenvalue weighted by atomic mass is 16.6. The quantitative estimate of drug-likeness (QED) is 0.334. The lowest BCUT2D eigenvalue weighted by atomic mass is 9.45. The minimum atomic E-state index is -0.0190. The number of carbonyl (C=O) groups excluding carboxylic acids is 1. The van der Waals surface area contributed by atoms with Gasteiger partial charge in [-0.2, -0.15) is 0 Å². The van der Waals surface area contributed by atoms with E-state index in [0.717, 1.165) is 43.9 Å². The fraction of sp³-hybridized carbons (Fsp3) is 0.864. The van der Waals surface area contributed by atoms with E-state index in [1.807, 2.05) is 0 Å². The first-order valence-corrected chi connectivity index (χ1v) is 11.1. The molecule has 0 bridgehead atoms. The number of Topliss-reactive ketones (excluding diaryl/α,β-unsaturated/α-hetero) is 1. The van der Waals surface area contributed by atoms with Crippen LogP contribution in [0.5, 0.6) is 0 Å². The molecule has 0 saturated heterocycles. The highest BCUT2D eigenvalue weighted by Gasteiger charge is 2.60. The van der Waals surface area contributed by atoms with E-state index in [4.69, 9.17) is 16.3 Å². The first-order valence-electron chi connectivity index (χ1n) is 11.1. The van der Waals surface area contributed by atoms with Gasteiger partial charge >= 0.3 is 0 Å². The Bertz CT molecular complexity index is 686. The lowest BCUT2D eigenvalue weighted by molar-refractivity contribution is -0.137. The van der Waals surface area contributed by atoms with Crippen molar-refractivity contribution >= 4 is 17.5 Å². The lowest BCUT2D eigenvalue weighted by Crippen LogP contribution is -2.53. The molecule has 0 radical (unpaired) electrons. The molecule has 0 aromatic carbocycles. The van der Waals surface area contributed by atoms with Crippen molar-refractivity contribution in [2.24, 2.45) is 56.1 Å². The zero-order valence-electron chi connectivity index (χ0n) is 17.5. The van der Waals surface area contributed by atoms with Gasteiger partial charge in [0.1, 0.15) is 12.4 Å². The van der Waals surface area contributed by atoms with Crippen LogP contribution in [0, 0.1) is 34.5 Å². The highest BCUT2D eigenvalue weighted by Crippen LogP contribution is 2.65. The number of nitrogens with two attached hydrogens (primary N) is 2. The van der Waals surface area contributed by atoms with Gasteiger partial charge in [-0.1, -0.05) is 19.0 Å². The minimum Gasteiger partial charge on any atom is -0.394 e. The van der Waals surface area contributed by atoms with Gasteiger partial charge in [0.25, 0.3) is 0 Å². The van der Waals surface area contributed by atoms with Gasteiger partial charge in [-0.3, -0.25) is 4.79 Å². The van der Waals surface area contributed by atoms with Crippen molar-refractivity contribution < 1.29 is 9.63 Å². The summed E-state index contributed by atoms with van der Waals surface area (Å²) in [7, 11) is 0. The molecule has 4 N–H and O–H groups in total. The second-order valence-corrected chi connectivity index (χ2v) is 10.1. The molecule has 0 aromatic rings. The summed E-state index contributed by atoms with van der Waals surface area (Å²) in [5.41, 5.74) is 12.2. The van der Waals surface area contributed by atoms with E-state index in [2.05, 4.69) is 24.0 Å². The average Bonchev–Trinajstić information content (AvgIpc) is 2.96. The van der Waals surface area contributed by atoms with Crippen LogP contribution in [0.4, 0.5) is 0 Å². The maximum absolute atomic E-state index is 12.5. The van der Waals surface area contributed by atoms with Crippen LogP contribution in [0.3, 0.4) is 0 Å². The molecule has 4 fully saturated rings. The third-order valence-electron chi connectivity index (χ3n) is 8.88. The fourth-order valence-corrected chi connectivity index (χ4v) is 7.27. The molecule has 0 aliphatic heterocycles. The van der Waals surface area contributed by atoms with Crippen molar-refractivity contribution in [3.63, 3.8) is 0 Å². The van der Waals surface area contributed by atoms with E-state index >= 15 is 0 Å². The molecule has 6 heteroatoms. The normalized spacial score (nSPS) is 43.8. The number of nitrogens with zero attached hydrogens (tertiary/aromatic N) is 2. The Morgan fingerprint density at radius 2 is 1.93 bits per heavy atom. The summed E-state index contributed by atoms with van der Waals surface area (Å²) < 4.78 is 0. The predicted octanol–water partition coefficient (Wildman–Crippen LogP) is 3.24. The van der Waals surface area contributed by atoms with Crippen molar-refractivity contribution in [2.75, 3.05) is 13.2 Å². The maximum atomic E-state index is 12.5. The third-order valence-corrected chi connectivity index (χ3v) is 8.88. The SMILES string of the molecule is C[C@]12CC/C(=N\OCCN=C(N)N)CC1CCC1C2CC[C@]2(C)C(=O)CCC12. The van der Waals surface area contributed by atoms with E-state index in [1.165, 1.54) is 31.4 Å². The van der Waals surface area contributed by atoms with Crippen LogP contribution in [0.15, 0.2) is 10.1 Å². The van der Waals surface area contributed by atoms with Crippen molar-refractivity contribution in [3.05, 3.63) is 0 Å². The van der Waals surface area contributed by atoms with Crippen LogP contribution in [0.25, 0.3) is 0 Å². The molecule has 6 atom stereocenters. The average molecular weight is 389 g/mol. The second kappa shape index (κ2) is 7.34. The monoisotopic (exact) mass is 388 g/mol. The van der Waals surface area contributed by atoms with E-state index in [0.29, 0.717) is 36.2 Å². The van der Waals surface area contributed by atoms with Crippen LogP contribution in [0.2, 0.25) is 0 Å². The largest absolute Gasteiger partial charge is 0.394 e. The number of fused-ring (bicyclic) bond motifs is 5. The minimum absolute atomic E-state index is 0.0190. The maximum Gasteiger partial charge on any atom is 0.186 e. The Morgan fingerprint density at radius 1 is 1.11 bits per heavy atom. The first kappa shape index (κ1) is 19.7. The van der Waals surface area contributed by atoms with E-state index in [-0.39, 0.29) is 11.4 Å². The summed E-state index contributed by atoms with van der Waals surface area (Å²) in [6.45, 7) is 5.67. The van der Waals surface area contributed by atoms with Crippen molar-refractivity contribution in [1.82, 2.24) is 0 Å². The summed E-state index contributed by atoms with van der Waals surface area (Å²) in [5.74, 6) is 3.49. The molecule has 4 saturated carbocycles. The number of guanidine groups is 1. The van der Waals surface area contributed by atoms with Gasteiger partial charge in [0.2, 0.25) is 0 Å². The van der Waals surface area contributed by atoms with E-state index in [1.54, 1.807) is 0 Å². The molecular formula is C22H36N4O2. The number of carbonyl (C=O) groups is 1. The summed E-state index contributed by atoms with van der Waals surface area (Å²) >= 11 is 0. The molecule has 28 heavy (non-hydrogen) atoms. The zero-order chi connectivity index (χ0) is 19.9. The van der Waals surface area contributed by atoms with Gasteiger partial charge in [0, 0.05) is 11.8 Å². The number of aliphatic imine (C=N–C) groups is 1. The molecule has 4 aliphatic rings. The Hall–Kier alpha value is -1.59. The smallest absolute Gasteiger partial charge is 0.186 e. The zero-order valence-corrected chi connectivity index (χ0v) is 17.5. The van der Waals surface area contributed by atoms with Crippen LogP contribution >= 0.6 is 0 Å². The number of hydrogen-bond acceptors (Lipinski definition) is 4. The number of ketones is 1. The molecule has 0 spiro atoms. The molecule has 6 nitrogen and oxygen atoms in total. The standard InChI is InChI=1S/C22H36N4O2/c1-21-9-7-15(26-28-12-11-25-20(23)24)13-14(21)3-4-16-17-5-6-19(27)22(17,2)10-8-18(16)21/h14,16-18H,3-13H2,1-2H3,(H4,23,24,25)/b26-15+/t14?,16?,17?,18?,21-,22-/m0/s1. The Morgan fingerprint density at radius 3 is 2.71 bits per heavy atom. The molecule has 156 valence electrons. The third kappa shape index (κ3) is 3.22. The number of hydrogen-bond donors (Lipinski definition) is 2. The summed E-state index contributed by atoms with van der Waals surface area (Å²) in [6, 6.07) is 0. The van der Waals surface area contributed by atoms with Gasteiger partial charge in [-0.15, -0.1) is 0 Å². The van der Waals surface area contributed by atoms with Gasteiger partial charge in [-0.25, -0.2) is 4.99 Å². The topological polar surface area (TPSA) is 103 Å². The Labute approximate surface area is 168 Å². The van der Waals surface area contributed by atoms with Crippen LogP contribution in [-0.4, -0.2) is 30.6 Å². The van der Waals surface area contributed by atoms with Gasteiger partial charge in [-0.05, 0) is 80.5 Å². The van der Waals surface area contributed by atoms with Crippen LogP contribution in [-0.2, 0) is 9.63 Å². The molecule has 4 aliphatic carbocycles. The second-order valence-electron chi connectivity index (χ2n) is 10.1. The van der Waals surface area contributed by atoms with Crippen molar-refractivity contribution in [2.45, 2.75) is 71.6 Å². The fourth-order valence-electron chi connectivity index (χ4n) is 7.27. The molecular weight excluding hydrogens is 352 g/mol. The predicted molar refractivity (Wildman–Crippen MR) is 111 cm³/mol. The molecule has 0 heterocycles. The van der Waals surface area contributed by atoms with Gasteiger partial charge in [0.15, 0.2) is 5.96 Å². The Kier molecular flexibility index (Phi) is 5.17. The summed E-state index contributed by atoms with van der Waals surface area (Å²) in [6.07, 6.45) is 10.1. The van der Waals surface area contributed by atoms with Gasteiger partial charge < -0.3 is 16.3 Å². The molecule has 0 amide bonds. The summed E-state index contributed by atoms with van der Waals surface area (Å²) in [5, 5.41) is 4.40. The van der Waals surface area contributed by atoms with Crippen LogP contribution in [0.1, 0.15) is 71.6 Å². The number of oxime groups is 1. The molecule has 4 unspecified atom stereocenters. The number of rotatable bonds is 4.